The molecule has 9 aromatic carbocycles. The van der Waals surface area contributed by atoms with Gasteiger partial charge in [0.15, 0.2) is 0 Å². The highest BCUT2D eigenvalue weighted by Gasteiger charge is 2.17. The van der Waals surface area contributed by atoms with Gasteiger partial charge in [0.2, 0.25) is 0 Å². The molecular formula is C52H33NS2. The summed E-state index contributed by atoms with van der Waals surface area (Å²) in [7, 11) is 0. The molecule has 2 aromatic heterocycles. The number of fused-ring (bicyclic) bond motifs is 7. The van der Waals surface area contributed by atoms with Crippen LogP contribution < -0.4 is 4.90 Å². The smallest absolute Gasteiger partial charge is 0.0468 e. The van der Waals surface area contributed by atoms with Crippen LogP contribution in [0.4, 0.5) is 17.1 Å². The van der Waals surface area contributed by atoms with Gasteiger partial charge in [-0.25, -0.2) is 0 Å². The average molecular weight is 736 g/mol. The maximum Gasteiger partial charge on any atom is 0.0468 e. The van der Waals surface area contributed by atoms with Crippen molar-refractivity contribution >= 4 is 90.9 Å². The van der Waals surface area contributed by atoms with Gasteiger partial charge in [-0.05, 0) is 117 Å². The lowest BCUT2D eigenvalue weighted by Gasteiger charge is -2.26. The maximum absolute atomic E-state index is 2.41. The Bertz CT molecular complexity index is 3090. The lowest BCUT2D eigenvalue weighted by Crippen LogP contribution is -2.09. The van der Waals surface area contributed by atoms with E-state index in [9.17, 15) is 0 Å². The van der Waals surface area contributed by atoms with Crippen LogP contribution in [0.1, 0.15) is 0 Å². The summed E-state index contributed by atoms with van der Waals surface area (Å²) in [6.45, 7) is 0. The molecule has 0 fully saturated rings. The quantitative estimate of drug-likeness (QED) is 0.164. The predicted octanol–water partition coefficient (Wildman–Crippen LogP) is 16.0. The van der Waals surface area contributed by atoms with Crippen LogP contribution in [0.5, 0.6) is 0 Å². The average Bonchev–Trinajstić information content (AvgIpc) is 3.82. The highest BCUT2D eigenvalue weighted by molar-refractivity contribution is 7.26. The first-order valence-electron chi connectivity index (χ1n) is 18.6. The van der Waals surface area contributed by atoms with E-state index in [-0.39, 0.29) is 0 Å². The van der Waals surface area contributed by atoms with Gasteiger partial charge in [0.05, 0.1) is 0 Å². The lowest BCUT2D eigenvalue weighted by molar-refractivity contribution is 1.30. The zero-order valence-corrected chi connectivity index (χ0v) is 31.4. The van der Waals surface area contributed by atoms with Gasteiger partial charge in [-0.1, -0.05) is 127 Å². The van der Waals surface area contributed by atoms with Gasteiger partial charge in [0, 0.05) is 57.4 Å². The van der Waals surface area contributed by atoms with Crippen molar-refractivity contribution in [3.63, 3.8) is 0 Å². The summed E-state index contributed by atoms with van der Waals surface area (Å²) in [6.07, 6.45) is 0. The molecule has 0 amide bonds. The van der Waals surface area contributed by atoms with Gasteiger partial charge >= 0.3 is 0 Å². The van der Waals surface area contributed by atoms with Crippen LogP contribution in [-0.2, 0) is 0 Å². The van der Waals surface area contributed by atoms with Crippen molar-refractivity contribution in [3.05, 3.63) is 200 Å². The molecule has 0 aliphatic heterocycles. The van der Waals surface area contributed by atoms with E-state index in [4.69, 9.17) is 0 Å². The number of nitrogens with zero attached hydrogens (tertiary/aromatic N) is 1. The largest absolute Gasteiger partial charge is 0.310 e. The third-order valence-corrected chi connectivity index (χ3v) is 13.2. The fourth-order valence-corrected chi connectivity index (χ4v) is 10.2. The van der Waals surface area contributed by atoms with E-state index in [1.807, 2.05) is 22.7 Å². The van der Waals surface area contributed by atoms with Crippen molar-refractivity contribution in [1.29, 1.82) is 0 Å². The second kappa shape index (κ2) is 13.1. The van der Waals surface area contributed by atoms with Crippen molar-refractivity contribution < 1.29 is 0 Å². The van der Waals surface area contributed by atoms with E-state index >= 15 is 0 Å². The zero-order chi connectivity index (χ0) is 36.3. The van der Waals surface area contributed by atoms with Crippen molar-refractivity contribution in [3.8, 4) is 33.4 Å². The normalized spacial score (nSPS) is 11.6. The van der Waals surface area contributed by atoms with Gasteiger partial charge in [-0.2, -0.15) is 0 Å². The monoisotopic (exact) mass is 735 g/mol. The van der Waals surface area contributed by atoms with E-state index < -0.39 is 0 Å². The Hall–Kier alpha value is -6.52. The fraction of sp³-hybridized carbons (Fsp3) is 0. The molecule has 0 aliphatic carbocycles. The molecule has 0 saturated carbocycles. The zero-order valence-electron chi connectivity index (χ0n) is 29.8. The molecule has 11 rings (SSSR count). The van der Waals surface area contributed by atoms with Crippen molar-refractivity contribution in [1.82, 2.24) is 0 Å². The second-order valence-corrected chi connectivity index (χ2v) is 16.3. The molecule has 258 valence electrons. The molecule has 3 heteroatoms. The third kappa shape index (κ3) is 5.68. The van der Waals surface area contributed by atoms with Gasteiger partial charge in [-0.3, -0.25) is 0 Å². The summed E-state index contributed by atoms with van der Waals surface area (Å²) in [6, 6.07) is 73.5. The summed E-state index contributed by atoms with van der Waals surface area (Å²) in [4.78, 5) is 2.41. The van der Waals surface area contributed by atoms with Crippen LogP contribution in [0.2, 0.25) is 0 Å². The lowest BCUT2D eigenvalue weighted by atomic mass is 9.96. The van der Waals surface area contributed by atoms with Crippen LogP contribution >= 0.6 is 22.7 Å². The minimum Gasteiger partial charge on any atom is -0.310 e. The number of benzene rings is 9. The summed E-state index contributed by atoms with van der Waals surface area (Å²) in [5, 5.41) is 7.74. The first-order valence-corrected chi connectivity index (χ1v) is 20.3. The number of thiophene rings is 2. The Morgan fingerprint density at radius 2 is 0.691 bits per heavy atom. The Labute approximate surface area is 327 Å². The minimum atomic E-state index is 1.13. The number of rotatable bonds is 6. The molecule has 0 atom stereocenters. The SMILES string of the molecule is c1cc(-c2ccc(-c3ccc(N(c4ccc5sc6ccccc6c5c4)c4ccc5sc6ccccc6c5c4)cc3)cc2)cc(-c2ccc3ccccc3c2)c1. The van der Waals surface area contributed by atoms with Crippen LogP contribution in [0.3, 0.4) is 0 Å². The van der Waals surface area contributed by atoms with E-state index in [1.165, 1.54) is 84.5 Å². The van der Waals surface area contributed by atoms with Crippen molar-refractivity contribution in [2.24, 2.45) is 0 Å². The summed E-state index contributed by atoms with van der Waals surface area (Å²) < 4.78 is 5.26. The van der Waals surface area contributed by atoms with E-state index in [0.29, 0.717) is 0 Å². The van der Waals surface area contributed by atoms with Gasteiger partial charge in [0.1, 0.15) is 0 Å². The maximum atomic E-state index is 2.41. The number of hydrogen-bond acceptors (Lipinski definition) is 3. The van der Waals surface area contributed by atoms with Gasteiger partial charge in [0.25, 0.3) is 0 Å². The Morgan fingerprint density at radius 3 is 1.31 bits per heavy atom. The number of anilines is 3. The predicted molar refractivity (Wildman–Crippen MR) is 241 cm³/mol. The molecule has 1 nitrogen and oxygen atoms in total. The summed E-state index contributed by atoms with van der Waals surface area (Å²) >= 11 is 3.72. The molecule has 0 N–H and O–H groups in total. The molecule has 2 heterocycles. The molecule has 0 unspecified atom stereocenters. The Kier molecular flexibility index (Phi) is 7.61. The molecule has 0 saturated heterocycles. The van der Waals surface area contributed by atoms with Crippen LogP contribution in [0.25, 0.3) is 84.5 Å². The molecular weight excluding hydrogens is 703 g/mol. The van der Waals surface area contributed by atoms with E-state index in [1.54, 1.807) is 0 Å². The molecule has 11 aromatic rings. The van der Waals surface area contributed by atoms with Gasteiger partial charge in [-0.15, -0.1) is 22.7 Å². The molecule has 0 bridgehead atoms. The van der Waals surface area contributed by atoms with Crippen LogP contribution in [-0.4, -0.2) is 0 Å². The molecule has 0 spiro atoms. The van der Waals surface area contributed by atoms with E-state index in [0.717, 1.165) is 17.1 Å². The topological polar surface area (TPSA) is 3.24 Å². The molecule has 55 heavy (non-hydrogen) atoms. The highest BCUT2D eigenvalue weighted by atomic mass is 32.1. The minimum absolute atomic E-state index is 1.13. The van der Waals surface area contributed by atoms with Crippen LogP contribution in [0, 0.1) is 0 Å². The third-order valence-electron chi connectivity index (χ3n) is 10.9. The van der Waals surface area contributed by atoms with Gasteiger partial charge < -0.3 is 4.90 Å². The Morgan fingerprint density at radius 1 is 0.255 bits per heavy atom. The first-order chi connectivity index (χ1) is 27.2. The first kappa shape index (κ1) is 32.0. The van der Waals surface area contributed by atoms with E-state index in [2.05, 4.69) is 205 Å². The Balaban J connectivity index is 0.947. The summed E-state index contributed by atoms with van der Waals surface area (Å²) in [5.41, 5.74) is 10.7. The van der Waals surface area contributed by atoms with Crippen LogP contribution in [0.15, 0.2) is 200 Å². The second-order valence-electron chi connectivity index (χ2n) is 14.2. The standard InChI is InChI=1S/C52H33NS2/c1-2-9-38-31-41(21-20-34(38)8-1)40-11-7-10-39(30-40)37-18-16-35(17-19-37)36-22-24-42(25-23-36)53(43-26-28-51-47(32-43)45-12-3-5-14-49(45)54-51)44-27-29-52-48(33-44)46-13-4-6-15-50(46)55-52/h1-33H. The molecule has 0 radical (unpaired) electrons. The number of hydrogen-bond donors (Lipinski definition) is 0. The fourth-order valence-electron chi connectivity index (χ4n) is 8.06. The van der Waals surface area contributed by atoms with Crippen molar-refractivity contribution in [2.75, 3.05) is 4.90 Å². The highest BCUT2D eigenvalue weighted by Crippen LogP contribution is 2.43. The molecule has 0 aliphatic rings. The summed E-state index contributed by atoms with van der Waals surface area (Å²) in [5.74, 6) is 0. The van der Waals surface area contributed by atoms with Crippen molar-refractivity contribution in [2.45, 2.75) is 0 Å².